The molecule has 0 aliphatic rings. The summed E-state index contributed by atoms with van der Waals surface area (Å²) in [6, 6.07) is 2.08. The second-order valence-corrected chi connectivity index (χ2v) is 4.02. The van der Waals surface area contributed by atoms with Gasteiger partial charge >= 0.3 is 5.97 Å². The lowest BCUT2D eigenvalue weighted by Crippen LogP contribution is -2.23. The smallest absolute Gasteiger partial charge is 0.371 e. The largest absolute Gasteiger partial charge is 0.475 e. The molecule has 0 radical (unpaired) electrons. The Labute approximate surface area is 85.7 Å². The lowest BCUT2D eigenvalue weighted by Gasteiger charge is -2.01. The minimum Gasteiger partial charge on any atom is -0.475 e. The highest BCUT2D eigenvalue weighted by atomic mass is 32.2. The molecule has 84 valence electrons. The van der Waals surface area contributed by atoms with Crippen molar-refractivity contribution in [2.45, 2.75) is 12.0 Å². The molecular formula is C7H9NO6S. The van der Waals surface area contributed by atoms with Crippen LogP contribution in [0.2, 0.25) is 0 Å². The average Bonchev–Trinajstić information content (AvgIpc) is 2.64. The summed E-state index contributed by atoms with van der Waals surface area (Å²) >= 11 is 0. The number of nitrogens with one attached hydrogen (secondary N) is 1. The van der Waals surface area contributed by atoms with Crippen LogP contribution in [0.4, 0.5) is 0 Å². The molecule has 0 aliphatic carbocycles. The van der Waals surface area contributed by atoms with Gasteiger partial charge in [-0.05, 0) is 19.1 Å². The van der Waals surface area contributed by atoms with Crippen LogP contribution in [0.15, 0.2) is 21.6 Å². The van der Waals surface area contributed by atoms with Crippen LogP contribution in [0.3, 0.4) is 0 Å². The van der Waals surface area contributed by atoms with Crippen LogP contribution in [0.1, 0.15) is 17.5 Å². The summed E-state index contributed by atoms with van der Waals surface area (Å²) in [5.74, 6) is -1.79. The number of carbonyl (C=O) groups is 1. The third kappa shape index (κ3) is 2.78. The van der Waals surface area contributed by atoms with Gasteiger partial charge in [-0.2, -0.15) is 0 Å². The summed E-state index contributed by atoms with van der Waals surface area (Å²) in [4.78, 5) is 16.7. The molecule has 0 aliphatic heterocycles. The van der Waals surface area contributed by atoms with Crippen molar-refractivity contribution in [1.82, 2.24) is 4.89 Å². The summed E-state index contributed by atoms with van der Waals surface area (Å²) in [5.41, 5.74) is 0. The fourth-order valence-corrected chi connectivity index (χ4v) is 1.56. The highest BCUT2D eigenvalue weighted by molar-refractivity contribution is 7.89. The predicted octanol–water partition coefficient (Wildman–Crippen LogP) is 0.208. The Kier molecular flexibility index (Phi) is 3.45. The Bertz CT molecular complexity index is 448. The Morgan fingerprint density at radius 1 is 1.60 bits per heavy atom. The molecule has 0 unspecified atom stereocenters. The number of carboxylic acid groups (broad SMARTS) is 1. The summed E-state index contributed by atoms with van der Waals surface area (Å²) in [7, 11) is -3.94. The molecule has 1 heterocycles. The van der Waals surface area contributed by atoms with Gasteiger partial charge < -0.3 is 9.52 Å². The summed E-state index contributed by atoms with van der Waals surface area (Å²) in [6.45, 7) is 1.74. The maximum absolute atomic E-state index is 11.3. The molecule has 2 N–H and O–H groups in total. The van der Waals surface area contributed by atoms with E-state index < -0.39 is 26.8 Å². The monoisotopic (exact) mass is 235 g/mol. The molecule has 1 aromatic rings. The molecule has 0 amide bonds. The molecule has 8 heteroatoms. The Morgan fingerprint density at radius 2 is 2.27 bits per heavy atom. The van der Waals surface area contributed by atoms with Gasteiger partial charge in [0.25, 0.3) is 10.0 Å². The maximum Gasteiger partial charge on any atom is 0.371 e. The number of rotatable bonds is 5. The molecule has 1 rings (SSSR count). The number of carboxylic acids is 1. The highest BCUT2D eigenvalue weighted by Gasteiger charge is 2.20. The molecule has 0 atom stereocenters. The van der Waals surface area contributed by atoms with E-state index in [1.54, 1.807) is 11.8 Å². The first-order valence-electron chi connectivity index (χ1n) is 3.94. The van der Waals surface area contributed by atoms with E-state index in [1.165, 1.54) is 0 Å². The zero-order valence-electron chi connectivity index (χ0n) is 7.76. The van der Waals surface area contributed by atoms with E-state index in [2.05, 4.69) is 9.25 Å². The standard InChI is InChI=1S/C7H9NO6S/c1-2-13-8-15(11,12)6-4-3-5(14-6)7(9)10/h3-4,8H,2H2,1H3,(H,9,10). The number of hydrogen-bond acceptors (Lipinski definition) is 5. The van der Waals surface area contributed by atoms with Crippen LogP contribution in [0, 0.1) is 0 Å². The van der Waals surface area contributed by atoms with Crippen LogP contribution >= 0.6 is 0 Å². The lowest BCUT2D eigenvalue weighted by molar-refractivity contribution is 0.0655. The molecular weight excluding hydrogens is 226 g/mol. The van der Waals surface area contributed by atoms with Crippen molar-refractivity contribution in [3.63, 3.8) is 0 Å². The quantitative estimate of drug-likeness (QED) is 0.706. The van der Waals surface area contributed by atoms with E-state index in [4.69, 9.17) is 5.11 Å². The third-order valence-corrected chi connectivity index (χ3v) is 2.46. The molecule has 0 aromatic carbocycles. The minimum absolute atomic E-state index is 0.145. The number of aromatic carboxylic acids is 1. The summed E-state index contributed by atoms with van der Waals surface area (Å²) < 4.78 is 27.2. The van der Waals surface area contributed by atoms with Crippen molar-refractivity contribution >= 4 is 16.0 Å². The zero-order valence-corrected chi connectivity index (χ0v) is 8.58. The second-order valence-electron chi connectivity index (χ2n) is 2.44. The van der Waals surface area contributed by atoms with Crippen LogP contribution in [-0.2, 0) is 14.9 Å². The van der Waals surface area contributed by atoms with E-state index in [0.29, 0.717) is 0 Å². The van der Waals surface area contributed by atoms with Crippen molar-refractivity contribution in [3.8, 4) is 0 Å². The van der Waals surface area contributed by atoms with E-state index in [9.17, 15) is 13.2 Å². The van der Waals surface area contributed by atoms with Gasteiger partial charge in [-0.1, -0.05) is 4.89 Å². The molecule has 0 saturated carbocycles. The van der Waals surface area contributed by atoms with Crippen molar-refractivity contribution in [1.29, 1.82) is 0 Å². The number of sulfonamides is 1. The second kappa shape index (κ2) is 4.43. The van der Waals surface area contributed by atoms with Crippen LogP contribution in [-0.4, -0.2) is 26.1 Å². The van der Waals surface area contributed by atoms with Crippen molar-refractivity contribution in [2.75, 3.05) is 6.61 Å². The summed E-state index contributed by atoms with van der Waals surface area (Å²) in [6.07, 6.45) is 0. The highest BCUT2D eigenvalue weighted by Crippen LogP contribution is 2.13. The topological polar surface area (TPSA) is 106 Å². The van der Waals surface area contributed by atoms with Gasteiger partial charge in [-0.25, -0.2) is 13.2 Å². The van der Waals surface area contributed by atoms with Crippen LogP contribution in [0.5, 0.6) is 0 Å². The van der Waals surface area contributed by atoms with Gasteiger partial charge in [-0.3, -0.25) is 4.84 Å². The molecule has 0 saturated heterocycles. The molecule has 0 spiro atoms. The van der Waals surface area contributed by atoms with Gasteiger partial charge in [0.1, 0.15) is 0 Å². The van der Waals surface area contributed by atoms with Crippen molar-refractivity contribution in [3.05, 3.63) is 17.9 Å². The molecule has 15 heavy (non-hydrogen) atoms. The van der Waals surface area contributed by atoms with Gasteiger partial charge in [0.2, 0.25) is 10.9 Å². The number of furan rings is 1. The SMILES string of the molecule is CCONS(=O)(=O)c1ccc(C(=O)O)o1. The third-order valence-electron chi connectivity index (χ3n) is 1.37. The van der Waals surface area contributed by atoms with Crippen LogP contribution < -0.4 is 4.89 Å². The van der Waals surface area contributed by atoms with E-state index in [-0.39, 0.29) is 6.61 Å². The summed E-state index contributed by atoms with van der Waals surface area (Å²) in [5, 5.41) is 7.99. The first-order chi connectivity index (χ1) is 6.97. The molecule has 0 bridgehead atoms. The number of hydrogen-bond donors (Lipinski definition) is 2. The van der Waals surface area contributed by atoms with E-state index in [1.807, 2.05) is 0 Å². The van der Waals surface area contributed by atoms with Crippen LogP contribution in [0.25, 0.3) is 0 Å². The van der Waals surface area contributed by atoms with Gasteiger partial charge in [0, 0.05) is 0 Å². The van der Waals surface area contributed by atoms with Gasteiger partial charge in [0.15, 0.2) is 0 Å². The minimum atomic E-state index is -3.94. The Hall–Kier alpha value is -1.38. The Balaban J connectivity index is 2.91. The van der Waals surface area contributed by atoms with Gasteiger partial charge in [0.05, 0.1) is 6.61 Å². The predicted molar refractivity (Wildman–Crippen MR) is 47.6 cm³/mol. The van der Waals surface area contributed by atoms with Gasteiger partial charge in [-0.15, -0.1) is 0 Å². The molecule has 0 fully saturated rings. The fraction of sp³-hybridized carbons (Fsp3) is 0.286. The molecule has 1 aromatic heterocycles. The first-order valence-corrected chi connectivity index (χ1v) is 5.42. The fourth-order valence-electron chi connectivity index (χ4n) is 0.757. The zero-order chi connectivity index (χ0) is 11.5. The lowest BCUT2D eigenvalue weighted by atomic mass is 10.5. The van der Waals surface area contributed by atoms with Crippen molar-refractivity contribution < 1.29 is 27.6 Å². The Morgan fingerprint density at radius 3 is 2.73 bits per heavy atom. The normalized spacial score (nSPS) is 11.5. The maximum atomic E-state index is 11.3. The van der Waals surface area contributed by atoms with Crippen molar-refractivity contribution in [2.24, 2.45) is 0 Å². The molecule has 7 nitrogen and oxygen atoms in total. The average molecular weight is 235 g/mol. The van der Waals surface area contributed by atoms with E-state index >= 15 is 0 Å². The first kappa shape index (κ1) is 11.7. The van der Waals surface area contributed by atoms with E-state index in [0.717, 1.165) is 12.1 Å².